The van der Waals surface area contributed by atoms with Crippen LogP contribution in [0.15, 0.2) is 48.5 Å². The van der Waals surface area contributed by atoms with E-state index in [1.165, 1.54) is 53.4 Å². The molecule has 1 N–H and O–H groups in total. The third kappa shape index (κ3) is 7.99. The number of halogens is 2. The molecule has 0 saturated carbocycles. The highest BCUT2D eigenvalue weighted by molar-refractivity contribution is 7.92. The van der Waals surface area contributed by atoms with Gasteiger partial charge in [0.2, 0.25) is 21.8 Å². The maximum Gasteiger partial charge on any atom is 0.244 e. The van der Waals surface area contributed by atoms with E-state index in [4.69, 9.17) is 11.6 Å². The molecule has 0 fully saturated rings. The average Bonchev–Trinajstić information content (AvgIpc) is 2.77. The van der Waals surface area contributed by atoms with Crippen LogP contribution in [-0.4, -0.2) is 50.5 Å². The van der Waals surface area contributed by atoms with E-state index in [-0.39, 0.29) is 24.1 Å². The van der Waals surface area contributed by atoms with E-state index in [1.807, 2.05) is 13.8 Å². The molecule has 0 spiro atoms. The normalized spacial score (nSPS) is 12.3. The minimum absolute atomic E-state index is 0.0188. The predicted octanol–water partition coefficient (Wildman–Crippen LogP) is 3.82. The number of carbonyl (C=O) groups excluding carboxylic acids is 2. The summed E-state index contributed by atoms with van der Waals surface area (Å²) in [6, 6.07) is 10.9. The van der Waals surface area contributed by atoms with Gasteiger partial charge in [-0.25, -0.2) is 12.8 Å². The first-order valence-electron chi connectivity index (χ1n) is 11.0. The monoisotopic (exact) mass is 511 g/mol. The Hall–Kier alpha value is -2.65. The zero-order valence-corrected chi connectivity index (χ0v) is 21.4. The second-order valence-electron chi connectivity index (χ2n) is 8.46. The number of carbonyl (C=O) groups is 2. The number of hydrogen-bond donors (Lipinski definition) is 1. The number of sulfonamides is 1. The Morgan fingerprint density at radius 2 is 1.65 bits per heavy atom. The molecule has 0 heterocycles. The van der Waals surface area contributed by atoms with E-state index in [2.05, 4.69) is 5.32 Å². The van der Waals surface area contributed by atoms with Gasteiger partial charge in [-0.1, -0.05) is 44.5 Å². The summed E-state index contributed by atoms with van der Waals surface area (Å²) in [6.07, 6.45) is 1.32. The van der Waals surface area contributed by atoms with Crippen LogP contribution in [0.5, 0.6) is 0 Å². The van der Waals surface area contributed by atoms with Gasteiger partial charge in [0.25, 0.3) is 0 Å². The first kappa shape index (κ1) is 27.6. The SMILES string of the molecule is CC[C@@H](C(=O)NCC(C)C)N(Cc1ccc(F)cc1)C(=O)CN(c1ccc(Cl)cc1)S(C)(=O)=O. The van der Waals surface area contributed by atoms with E-state index in [0.29, 0.717) is 23.6 Å². The van der Waals surface area contributed by atoms with Crippen molar-refractivity contribution in [3.8, 4) is 0 Å². The standard InChI is InChI=1S/C24H31ClFN3O4S/c1-5-22(24(31)27-14-17(2)3)28(15-18-6-10-20(26)11-7-18)23(30)16-29(34(4,32)33)21-12-8-19(25)9-13-21/h6-13,17,22H,5,14-16H2,1-4H3,(H,27,31)/t22-/m0/s1. The second-order valence-corrected chi connectivity index (χ2v) is 10.8. The summed E-state index contributed by atoms with van der Waals surface area (Å²) in [7, 11) is -3.82. The fourth-order valence-electron chi connectivity index (χ4n) is 3.35. The van der Waals surface area contributed by atoms with Crippen LogP contribution in [0.1, 0.15) is 32.8 Å². The minimum Gasteiger partial charge on any atom is -0.354 e. The summed E-state index contributed by atoms with van der Waals surface area (Å²) in [5, 5.41) is 3.27. The molecule has 2 rings (SSSR count). The second kappa shape index (κ2) is 12.2. The number of benzene rings is 2. The molecular formula is C24H31ClFN3O4S. The number of hydrogen-bond acceptors (Lipinski definition) is 4. The molecule has 2 aromatic carbocycles. The van der Waals surface area contributed by atoms with Gasteiger partial charge < -0.3 is 10.2 Å². The molecule has 0 aliphatic heterocycles. The molecule has 0 saturated heterocycles. The zero-order chi connectivity index (χ0) is 25.5. The molecule has 0 unspecified atom stereocenters. The summed E-state index contributed by atoms with van der Waals surface area (Å²) in [6.45, 7) is 5.64. The van der Waals surface area contributed by atoms with Gasteiger partial charge in [-0.05, 0) is 54.3 Å². The third-order valence-corrected chi connectivity index (χ3v) is 6.52. The number of nitrogens with one attached hydrogen (secondary N) is 1. The highest BCUT2D eigenvalue weighted by Crippen LogP contribution is 2.22. The van der Waals surface area contributed by atoms with E-state index in [1.54, 1.807) is 6.92 Å². The average molecular weight is 512 g/mol. The van der Waals surface area contributed by atoms with E-state index in [0.717, 1.165) is 10.6 Å². The molecule has 1 atom stereocenters. The first-order chi connectivity index (χ1) is 15.9. The summed E-state index contributed by atoms with van der Waals surface area (Å²) < 4.78 is 39.4. The smallest absolute Gasteiger partial charge is 0.244 e. The van der Waals surface area contributed by atoms with Crippen LogP contribution >= 0.6 is 11.6 Å². The van der Waals surface area contributed by atoms with Crippen molar-refractivity contribution in [1.29, 1.82) is 0 Å². The lowest BCUT2D eigenvalue weighted by Gasteiger charge is -2.33. The maximum absolute atomic E-state index is 13.5. The van der Waals surface area contributed by atoms with Crippen molar-refractivity contribution in [3.63, 3.8) is 0 Å². The molecule has 10 heteroatoms. The van der Waals surface area contributed by atoms with Crippen LogP contribution in [0, 0.1) is 11.7 Å². The molecule has 0 aliphatic carbocycles. The molecule has 0 radical (unpaired) electrons. The van der Waals surface area contributed by atoms with Crippen LogP contribution < -0.4 is 9.62 Å². The fraction of sp³-hybridized carbons (Fsp3) is 0.417. The molecule has 0 aliphatic rings. The van der Waals surface area contributed by atoms with E-state index in [9.17, 15) is 22.4 Å². The summed E-state index contributed by atoms with van der Waals surface area (Å²) in [4.78, 5) is 27.8. The molecule has 34 heavy (non-hydrogen) atoms. The van der Waals surface area contributed by atoms with Crippen molar-refractivity contribution in [2.45, 2.75) is 39.8 Å². The summed E-state index contributed by atoms with van der Waals surface area (Å²) >= 11 is 5.92. The van der Waals surface area contributed by atoms with Gasteiger partial charge in [0, 0.05) is 18.1 Å². The van der Waals surface area contributed by atoms with Gasteiger partial charge in [0.1, 0.15) is 18.4 Å². The molecule has 0 aromatic heterocycles. The van der Waals surface area contributed by atoms with Crippen LogP contribution in [0.2, 0.25) is 5.02 Å². The van der Waals surface area contributed by atoms with E-state index >= 15 is 0 Å². The van der Waals surface area contributed by atoms with Crippen LogP contribution in [0.25, 0.3) is 0 Å². The van der Waals surface area contributed by atoms with Gasteiger partial charge in [-0.2, -0.15) is 0 Å². The van der Waals surface area contributed by atoms with Gasteiger partial charge in [0.05, 0.1) is 11.9 Å². The molecule has 0 bridgehead atoms. The third-order valence-electron chi connectivity index (χ3n) is 5.13. The van der Waals surface area contributed by atoms with E-state index < -0.39 is 34.3 Å². The molecule has 7 nitrogen and oxygen atoms in total. The minimum atomic E-state index is -3.82. The van der Waals surface area contributed by atoms with Gasteiger partial charge >= 0.3 is 0 Å². The Morgan fingerprint density at radius 1 is 1.06 bits per heavy atom. The quantitative estimate of drug-likeness (QED) is 0.497. The lowest BCUT2D eigenvalue weighted by atomic mass is 10.1. The molecule has 2 aromatic rings. The van der Waals surface area contributed by atoms with Crippen molar-refractivity contribution in [2.75, 3.05) is 23.7 Å². The maximum atomic E-state index is 13.5. The number of rotatable bonds is 11. The first-order valence-corrected chi connectivity index (χ1v) is 13.2. The molecule has 186 valence electrons. The highest BCUT2D eigenvalue weighted by atomic mass is 35.5. The largest absolute Gasteiger partial charge is 0.354 e. The highest BCUT2D eigenvalue weighted by Gasteiger charge is 2.31. The van der Waals surface area contributed by atoms with Crippen molar-refractivity contribution in [1.82, 2.24) is 10.2 Å². The molecule has 2 amide bonds. The summed E-state index contributed by atoms with van der Waals surface area (Å²) in [5.41, 5.74) is 0.890. The topological polar surface area (TPSA) is 86.8 Å². The zero-order valence-electron chi connectivity index (χ0n) is 19.8. The Bertz CT molecular complexity index is 1080. The van der Waals surface area contributed by atoms with Crippen molar-refractivity contribution in [2.24, 2.45) is 5.92 Å². The van der Waals surface area contributed by atoms with Gasteiger partial charge in [0.15, 0.2) is 0 Å². The van der Waals surface area contributed by atoms with Gasteiger partial charge in [-0.15, -0.1) is 0 Å². The Labute approximate surface area is 205 Å². The lowest BCUT2D eigenvalue weighted by Crippen LogP contribution is -2.52. The van der Waals surface area contributed by atoms with Crippen LogP contribution in [0.4, 0.5) is 10.1 Å². The fourth-order valence-corrected chi connectivity index (χ4v) is 4.33. The van der Waals surface area contributed by atoms with Crippen LogP contribution in [-0.2, 0) is 26.2 Å². The number of amides is 2. The van der Waals surface area contributed by atoms with Crippen LogP contribution in [0.3, 0.4) is 0 Å². The predicted molar refractivity (Wildman–Crippen MR) is 133 cm³/mol. The Morgan fingerprint density at radius 3 is 2.15 bits per heavy atom. The van der Waals surface area contributed by atoms with Crippen molar-refractivity contribution >= 4 is 39.1 Å². The van der Waals surface area contributed by atoms with Gasteiger partial charge in [-0.3, -0.25) is 13.9 Å². The molecular weight excluding hydrogens is 481 g/mol. The Balaban J connectivity index is 2.39. The van der Waals surface area contributed by atoms with Crippen molar-refractivity contribution < 1.29 is 22.4 Å². The van der Waals surface area contributed by atoms with Crippen molar-refractivity contribution in [3.05, 3.63) is 64.9 Å². The Kier molecular flexibility index (Phi) is 9.88. The number of anilines is 1. The lowest BCUT2D eigenvalue weighted by molar-refractivity contribution is -0.140. The number of nitrogens with zero attached hydrogens (tertiary/aromatic N) is 2. The summed E-state index contributed by atoms with van der Waals surface area (Å²) in [5.74, 6) is -1.09.